The van der Waals surface area contributed by atoms with Gasteiger partial charge in [0, 0.05) is 18.8 Å². The highest BCUT2D eigenvalue weighted by Gasteiger charge is 2.30. The van der Waals surface area contributed by atoms with Crippen molar-refractivity contribution < 1.29 is 8.42 Å². The van der Waals surface area contributed by atoms with E-state index in [1.165, 1.54) is 6.26 Å². The minimum absolute atomic E-state index is 0.465. The molecular formula is C10H22N2O2S. The average Bonchev–Trinajstić information content (AvgIpc) is 2.15. The Balaban J connectivity index is 2.41. The Labute approximate surface area is 92.7 Å². The van der Waals surface area contributed by atoms with Gasteiger partial charge in [0.1, 0.15) is 0 Å². The van der Waals surface area contributed by atoms with Gasteiger partial charge in [-0.25, -0.2) is 8.42 Å². The quantitative estimate of drug-likeness (QED) is 0.727. The smallest absolute Gasteiger partial charge is 0.153 e. The van der Waals surface area contributed by atoms with Crippen LogP contribution in [0.1, 0.15) is 26.7 Å². The van der Waals surface area contributed by atoms with Gasteiger partial charge in [0.15, 0.2) is 9.84 Å². The van der Waals surface area contributed by atoms with Crippen LogP contribution in [-0.2, 0) is 9.84 Å². The normalized spacial score (nSPS) is 20.5. The van der Waals surface area contributed by atoms with Crippen molar-refractivity contribution in [1.29, 1.82) is 0 Å². The first-order valence-electron chi connectivity index (χ1n) is 5.47. The van der Waals surface area contributed by atoms with Crippen LogP contribution >= 0.6 is 0 Å². The molecule has 0 bridgehead atoms. The van der Waals surface area contributed by atoms with Crippen molar-refractivity contribution in [3.05, 3.63) is 0 Å². The molecule has 0 aromatic carbocycles. The second kappa shape index (κ2) is 4.80. The first kappa shape index (κ1) is 12.9. The summed E-state index contributed by atoms with van der Waals surface area (Å²) in [6.07, 6.45) is 3.47. The van der Waals surface area contributed by atoms with Crippen LogP contribution in [0.5, 0.6) is 0 Å². The lowest BCUT2D eigenvalue weighted by molar-refractivity contribution is 0.373. The Bertz CT molecular complexity index is 293. The van der Waals surface area contributed by atoms with Gasteiger partial charge in [-0.3, -0.25) is 0 Å². The maximum absolute atomic E-state index is 11.5. The lowest BCUT2D eigenvalue weighted by atomic mass is 10.1. The molecule has 1 aliphatic heterocycles. The molecule has 0 unspecified atom stereocenters. The van der Waals surface area contributed by atoms with Crippen LogP contribution in [0.3, 0.4) is 0 Å². The highest BCUT2D eigenvalue weighted by atomic mass is 32.2. The zero-order chi connectivity index (χ0) is 11.5. The summed E-state index contributed by atoms with van der Waals surface area (Å²) in [5.41, 5.74) is 0. The third-order valence-corrected chi connectivity index (χ3v) is 5.31. The molecule has 0 spiro atoms. The monoisotopic (exact) mass is 234 g/mol. The van der Waals surface area contributed by atoms with Crippen LogP contribution in [0.4, 0.5) is 0 Å². The molecule has 0 amide bonds. The number of nitrogens with one attached hydrogen (secondary N) is 2. The topological polar surface area (TPSA) is 58.2 Å². The summed E-state index contributed by atoms with van der Waals surface area (Å²) in [5, 5.41) is 6.63. The van der Waals surface area contributed by atoms with E-state index in [2.05, 4.69) is 10.6 Å². The molecule has 0 aromatic heterocycles. The molecule has 4 nitrogen and oxygen atoms in total. The Morgan fingerprint density at radius 3 is 2.33 bits per heavy atom. The molecule has 1 aliphatic rings. The van der Waals surface area contributed by atoms with Gasteiger partial charge in [0.2, 0.25) is 0 Å². The second-order valence-corrected chi connectivity index (χ2v) is 7.59. The molecule has 90 valence electrons. The van der Waals surface area contributed by atoms with Crippen molar-refractivity contribution in [3.63, 3.8) is 0 Å². The zero-order valence-electron chi connectivity index (χ0n) is 9.84. The van der Waals surface area contributed by atoms with E-state index in [9.17, 15) is 8.42 Å². The average molecular weight is 234 g/mol. The van der Waals surface area contributed by atoms with Crippen molar-refractivity contribution in [1.82, 2.24) is 10.6 Å². The highest BCUT2D eigenvalue weighted by molar-refractivity contribution is 7.92. The molecule has 15 heavy (non-hydrogen) atoms. The predicted molar refractivity (Wildman–Crippen MR) is 62.8 cm³/mol. The van der Waals surface area contributed by atoms with E-state index in [4.69, 9.17) is 0 Å². The Hall–Kier alpha value is -0.130. The largest absolute Gasteiger partial charge is 0.317 e. The molecule has 0 radical (unpaired) electrons. The van der Waals surface area contributed by atoms with Gasteiger partial charge >= 0.3 is 0 Å². The summed E-state index contributed by atoms with van der Waals surface area (Å²) >= 11 is 0. The minimum atomic E-state index is -2.98. The Kier molecular flexibility index (Phi) is 4.14. The summed E-state index contributed by atoms with van der Waals surface area (Å²) < 4.78 is 22.3. The summed E-state index contributed by atoms with van der Waals surface area (Å²) in [6, 6.07) is 0.465. The number of piperidine rings is 1. The third-order valence-electron chi connectivity index (χ3n) is 3.16. The second-order valence-electron chi connectivity index (χ2n) is 4.94. The van der Waals surface area contributed by atoms with Crippen LogP contribution < -0.4 is 10.6 Å². The predicted octanol–water partition coefficient (Wildman–Crippen LogP) is 0.151. The lowest BCUT2D eigenvalue weighted by Gasteiger charge is -2.29. The maximum Gasteiger partial charge on any atom is 0.153 e. The molecule has 1 saturated heterocycles. The third kappa shape index (κ3) is 3.74. The van der Waals surface area contributed by atoms with Crippen molar-refractivity contribution in [2.24, 2.45) is 0 Å². The van der Waals surface area contributed by atoms with E-state index in [1.54, 1.807) is 13.8 Å². The van der Waals surface area contributed by atoms with Crippen molar-refractivity contribution in [3.8, 4) is 0 Å². The molecule has 1 heterocycles. The fraction of sp³-hybridized carbons (Fsp3) is 1.00. The zero-order valence-corrected chi connectivity index (χ0v) is 10.7. The number of sulfone groups is 1. The van der Waals surface area contributed by atoms with E-state index in [0.717, 1.165) is 25.9 Å². The Morgan fingerprint density at radius 1 is 1.33 bits per heavy atom. The molecule has 1 rings (SSSR count). The van der Waals surface area contributed by atoms with Crippen molar-refractivity contribution in [2.75, 3.05) is 25.9 Å². The summed E-state index contributed by atoms with van der Waals surface area (Å²) in [4.78, 5) is 0. The molecule has 1 fully saturated rings. The summed E-state index contributed by atoms with van der Waals surface area (Å²) in [6.45, 7) is 6.14. The van der Waals surface area contributed by atoms with Crippen LogP contribution in [0.15, 0.2) is 0 Å². The van der Waals surface area contributed by atoms with Crippen molar-refractivity contribution >= 4 is 9.84 Å². The van der Waals surface area contributed by atoms with E-state index in [0.29, 0.717) is 12.6 Å². The van der Waals surface area contributed by atoms with Gasteiger partial charge in [-0.2, -0.15) is 0 Å². The first-order valence-corrected chi connectivity index (χ1v) is 7.36. The van der Waals surface area contributed by atoms with Gasteiger partial charge in [0.05, 0.1) is 4.75 Å². The molecule has 5 heteroatoms. The van der Waals surface area contributed by atoms with Gasteiger partial charge in [-0.1, -0.05) is 0 Å². The van der Waals surface area contributed by atoms with Gasteiger partial charge in [-0.05, 0) is 39.8 Å². The molecule has 0 saturated carbocycles. The number of hydrogen-bond donors (Lipinski definition) is 2. The Morgan fingerprint density at radius 2 is 1.87 bits per heavy atom. The number of rotatable bonds is 4. The summed E-state index contributed by atoms with van der Waals surface area (Å²) in [5.74, 6) is 0. The maximum atomic E-state index is 11.5. The van der Waals surface area contributed by atoms with Gasteiger partial charge < -0.3 is 10.6 Å². The van der Waals surface area contributed by atoms with E-state index in [1.807, 2.05) is 0 Å². The van der Waals surface area contributed by atoms with E-state index in [-0.39, 0.29) is 0 Å². The van der Waals surface area contributed by atoms with Gasteiger partial charge in [0.25, 0.3) is 0 Å². The number of hydrogen-bond acceptors (Lipinski definition) is 4. The standard InChI is InChI=1S/C10H22N2O2S/c1-10(2,15(3,13)14)8-12-9-4-6-11-7-5-9/h9,11-12H,4-8H2,1-3H3. The van der Waals surface area contributed by atoms with E-state index < -0.39 is 14.6 Å². The first-order chi connectivity index (χ1) is 6.83. The molecule has 0 aromatic rings. The fourth-order valence-corrected chi connectivity index (χ4v) is 1.89. The van der Waals surface area contributed by atoms with Crippen LogP contribution in [0, 0.1) is 0 Å². The van der Waals surface area contributed by atoms with Crippen LogP contribution in [0.2, 0.25) is 0 Å². The van der Waals surface area contributed by atoms with Crippen LogP contribution in [-0.4, -0.2) is 45.1 Å². The highest BCUT2D eigenvalue weighted by Crippen LogP contribution is 2.14. The van der Waals surface area contributed by atoms with Crippen molar-refractivity contribution in [2.45, 2.75) is 37.5 Å². The minimum Gasteiger partial charge on any atom is -0.317 e. The van der Waals surface area contributed by atoms with E-state index >= 15 is 0 Å². The van der Waals surface area contributed by atoms with Gasteiger partial charge in [-0.15, -0.1) is 0 Å². The molecular weight excluding hydrogens is 212 g/mol. The van der Waals surface area contributed by atoms with Crippen LogP contribution in [0.25, 0.3) is 0 Å². The molecule has 0 aliphatic carbocycles. The molecule has 0 atom stereocenters. The molecule has 2 N–H and O–H groups in total. The fourth-order valence-electron chi connectivity index (χ4n) is 1.55. The summed E-state index contributed by atoms with van der Waals surface area (Å²) in [7, 11) is -2.98. The SMILES string of the molecule is CC(C)(CNC1CCNCC1)S(C)(=O)=O. The lowest BCUT2D eigenvalue weighted by Crippen LogP contribution is -2.48.